The number of nitrogens with one attached hydrogen (secondary N) is 1. The third-order valence-electron chi connectivity index (χ3n) is 3.12. The van der Waals surface area contributed by atoms with E-state index < -0.39 is 0 Å². The molecule has 2 heteroatoms. The van der Waals surface area contributed by atoms with Crippen LogP contribution in [0.1, 0.15) is 25.7 Å². The summed E-state index contributed by atoms with van der Waals surface area (Å²) < 4.78 is 0. The van der Waals surface area contributed by atoms with Crippen molar-refractivity contribution in [3.05, 3.63) is 24.3 Å². The minimum atomic E-state index is 1.21. The lowest BCUT2D eigenvalue weighted by Crippen LogP contribution is -2.24. The average molecular weight is 204 g/mol. The molecule has 1 aromatic carbocycles. The van der Waals surface area contributed by atoms with Crippen molar-refractivity contribution >= 4 is 11.4 Å². The van der Waals surface area contributed by atoms with Gasteiger partial charge in [0.05, 0.1) is 11.4 Å². The van der Waals surface area contributed by atoms with Crippen molar-refractivity contribution in [2.24, 2.45) is 0 Å². The van der Waals surface area contributed by atoms with Crippen molar-refractivity contribution in [3.8, 4) is 0 Å². The fraction of sp³-hybridized carbons (Fsp3) is 0.538. The summed E-state index contributed by atoms with van der Waals surface area (Å²) in [6.07, 6.45) is 5.44. The van der Waals surface area contributed by atoms with Crippen LogP contribution in [0.5, 0.6) is 0 Å². The average Bonchev–Trinajstić information content (AvgIpc) is 2.57. The summed E-state index contributed by atoms with van der Waals surface area (Å²) in [6, 6.07) is 8.59. The first-order chi connectivity index (χ1) is 7.42. The molecular formula is C13H20N2. The Bertz CT molecular complexity index is 301. The molecule has 2 rings (SSSR count). The van der Waals surface area contributed by atoms with Gasteiger partial charge < -0.3 is 10.2 Å². The monoisotopic (exact) mass is 204 g/mol. The molecule has 1 aliphatic heterocycles. The van der Waals surface area contributed by atoms with Crippen LogP contribution >= 0.6 is 0 Å². The molecule has 0 aliphatic carbocycles. The highest BCUT2D eigenvalue weighted by molar-refractivity contribution is 5.69. The first kappa shape index (κ1) is 10.3. The highest BCUT2D eigenvalue weighted by atomic mass is 15.1. The van der Waals surface area contributed by atoms with E-state index in [1.165, 1.54) is 50.1 Å². The van der Waals surface area contributed by atoms with E-state index >= 15 is 0 Å². The zero-order valence-electron chi connectivity index (χ0n) is 9.50. The van der Waals surface area contributed by atoms with Crippen molar-refractivity contribution in [1.82, 2.24) is 0 Å². The molecule has 0 saturated carbocycles. The molecule has 2 nitrogen and oxygen atoms in total. The summed E-state index contributed by atoms with van der Waals surface area (Å²) in [5.41, 5.74) is 2.61. The quantitative estimate of drug-likeness (QED) is 0.796. The molecule has 1 aromatic rings. The van der Waals surface area contributed by atoms with Crippen LogP contribution in [0.3, 0.4) is 0 Å². The Morgan fingerprint density at radius 2 is 1.67 bits per heavy atom. The maximum absolute atomic E-state index is 3.27. The molecule has 1 aliphatic rings. The van der Waals surface area contributed by atoms with Crippen molar-refractivity contribution < 1.29 is 0 Å². The molecule has 0 amide bonds. The molecule has 82 valence electrons. The van der Waals surface area contributed by atoms with Crippen LogP contribution in [-0.4, -0.2) is 20.1 Å². The molecule has 0 unspecified atom stereocenters. The molecule has 15 heavy (non-hydrogen) atoms. The van der Waals surface area contributed by atoms with Crippen molar-refractivity contribution in [2.75, 3.05) is 30.4 Å². The van der Waals surface area contributed by atoms with Crippen molar-refractivity contribution in [2.45, 2.75) is 25.7 Å². The van der Waals surface area contributed by atoms with Gasteiger partial charge in [-0.25, -0.2) is 0 Å². The second kappa shape index (κ2) is 5.06. The summed E-state index contributed by atoms with van der Waals surface area (Å²) >= 11 is 0. The van der Waals surface area contributed by atoms with Gasteiger partial charge in [-0.15, -0.1) is 0 Å². The standard InChI is InChI=1S/C13H20N2/c1-14-12-8-4-5-9-13(12)15-10-6-2-3-7-11-15/h4-5,8-9,14H,2-3,6-7,10-11H2,1H3. The number of rotatable bonds is 2. The Hall–Kier alpha value is -1.18. The third kappa shape index (κ3) is 2.44. The lowest BCUT2D eigenvalue weighted by atomic mass is 10.2. The van der Waals surface area contributed by atoms with Crippen LogP contribution in [0.4, 0.5) is 11.4 Å². The predicted octanol–water partition coefficient (Wildman–Crippen LogP) is 3.11. The number of nitrogens with zero attached hydrogens (tertiary/aromatic N) is 1. The SMILES string of the molecule is CNc1ccccc1N1CCCCCC1. The van der Waals surface area contributed by atoms with Crippen LogP contribution in [0.25, 0.3) is 0 Å². The van der Waals surface area contributed by atoms with Gasteiger partial charge in [0.25, 0.3) is 0 Å². The maximum Gasteiger partial charge on any atom is 0.0601 e. The van der Waals surface area contributed by atoms with Crippen LogP contribution in [0.2, 0.25) is 0 Å². The summed E-state index contributed by atoms with van der Waals surface area (Å²) in [5.74, 6) is 0. The Morgan fingerprint density at radius 1 is 1.00 bits per heavy atom. The molecule has 0 aromatic heterocycles. The zero-order valence-corrected chi connectivity index (χ0v) is 9.50. The summed E-state index contributed by atoms with van der Waals surface area (Å²) in [6.45, 7) is 2.41. The van der Waals surface area contributed by atoms with Crippen LogP contribution in [0.15, 0.2) is 24.3 Å². The van der Waals surface area contributed by atoms with E-state index in [2.05, 4.69) is 34.5 Å². The second-order valence-electron chi connectivity index (χ2n) is 4.17. The first-order valence-electron chi connectivity index (χ1n) is 5.93. The Kier molecular flexibility index (Phi) is 3.49. The van der Waals surface area contributed by atoms with E-state index in [9.17, 15) is 0 Å². The van der Waals surface area contributed by atoms with E-state index in [-0.39, 0.29) is 0 Å². The highest BCUT2D eigenvalue weighted by Crippen LogP contribution is 2.27. The maximum atomic E-state index is 3.27. The van der Waals surface area contributed by atoms with E-state index in [1.54, 1.807) is 0 Å². The summed E-state index contributed by atoms with van der Waals surface area (Å²) in [4.78, 5) is 2.51. The fourth-order valence-electron chi connectivity index (χ4n) is 2.27. The van der Waals surface area contributed by atoms with E-state index in [0.717, 1.165) is 0 Å². The number of para-hydroxylation sites is 2. The fourth-order valence-corrected chi connectivity index (χ4v) is 2.27. The second-order valence-corrected chi connectivity index (χ2v) is 4.17. The zero-order chi connectivity index (χ0) is 10.5. The molecule has 0 bridgehead atoms. The molecule has 0 atom stereocenters. The highest BCUT2D eigenvalue weighted by Gasteiger charge is 2.11. The van der Waals surface area contributed by atoms with Crippen LogP contribution < -0.4 is 10.2 Å². The number of anilines is 2. The topological polar surface area (TPSA) is 15.3 Å². The lowest BCUT2D eigenvalue weighted by Gasteiger charge is -2.25. The molecule has 0 radical (unpaired) electrons. The van der Waals surface area contributed by atoms with Gasteiger partial charge in [0, 0.05) is 20.1 Å². The predicted molar refractivity (Wildman–Crippen MR) is 66.7 cm³/mol. The minimum Gasteiger partial charge on any atom is -0.386 e. The molecule has 1 fully saturated rings. The van der Waals surface area contributed by atoms with Gasteiger partial charge in [0.1, 0.15) is 0 Å². The molecule has 1 N–H and O–H groups in total. The van der Waals surface area contributed by atoms with E-state index in [4.69, 9.17) is 0 Å². The molecule has 0 spiro atoms. The molecule has 1 saturated heterocycles. The van der Waals surface area contributed by atoms with Crippen LogP contribution in [0, 0.1) is 0 Å². The van der Waals surface area contributed by atoms with Gasteiger partial charge in [-0.1, -0.05) is 25.0 Å². The van der Waals surface area contributed by atoms with Gasteiger partial charge in [0.15, 0.2) is 0 Å². The lowest BCUT2D eigenvalue weighted by molar-refractivity contribution is 0.726. The van der Waals surface area contributed by atoms with Crippen LogP contribution in [-0.2, 0) is 0 Å². The smallest absolute Gasteiger partial charge is 0.0601 e. The summed E-state index contributed by atoms with van der Waals surface area (Å²) in [7, 11) is 2.00. The Morgan fingerprint density at radius 3 is 2.33 bits per heavy atom. The van der Waals surface area contributed by atoms with Gasteiger partial charge in [-0.05, 0) is 25.0 Å². The van der Waals surface area contributed by atoms with Gasteiger partial charge in [0.2, 0.25) is 0 Å². The number of hydrogen-bond donors (Lipinski definition) is 1. The number of benzene rings is 1. The number of hydrogen-bond acceptors (Lipinski definition) is 2. The van der Waals surface area contributed by atoms with Gasteiger partial charge >= 0.3 is 0 Å². The molecular weight excluding hydrogens is 184 g/mol. The summed E-state index contributed by atoms with van der Waals surface area (Å²) in [5, 5.41) is 3.27. The Balaban J connectivity index is 2.18. The van der Waals surface area contributed by atoms with Crippen molar-refractivity contribution in [3.63, 3.8) is 0 Å². The third-order valence-corrected chi connectivity index (χ3v) is 3.12. The van der Waals surface area contributed by atoms with Crippen molar-refractivity contribution in [1.29, 1.82) is 0 Å². The van der Waals surface area contributed by atoms with Gasteiger partial charge in [-0.2, -0.15) is 0 Å². The van der Waals surface area contributed by atoms with E-state index in [0.29, 0.717) is 0 Å². The minimum absolute atomic E-state index is 1.21. The first-order valence-corrected chi connectivity index (χ1v) is 5.93. The normalized spacial score (nSPS) is 17.3. The molecule has 1 heterocycles. The largest absolute Gasteiger partial charge is 0.386 e. The Labute approximate surface area is 92.3 Å². The van der Waals surface area contributed by atoms with E-state index in [1.807, 2.05) is 7.05 Å². The van der Waals surface area contributed by atoms with Gasteiger partial charge in [-0.3, -0.25) is 0 Å².